The first kappa shape index (κ1) is 16.5. The number of carboxylic acids is 1. The molecule has 1 aromatic rings. The molecular weight excluding hydrogens is 300 g/mol. The van der Waals surface area contributed by atoms with Gasteiger partial charge in [0.05, 0.1) is 12.0 Å². The predicted molar refractivity (Wildman–Crippen MR) is 85.0 cm³/mol. The van der Waals surface area contributed by atoms with Crippen LogP contribution in [0.15, 0.2) is 0 Å². The lowest BCUT2D eigenvalue weighted by molar-refractivity contribution is -0.138. The van der Waals surface area contributed by atoms with Gasteiger partial charge in [0.2, 0.25) is 5.91 Å². The van der Waals surface area contributed by atoms with Crippen molar-refractivity contribution in [3.05, 3.63) is 16.0 Å². The molecule has 1 amide bonds. The average molecular weight is 320 g/mol. The number of fused-ring (bicyclic) bond motifs is 1. The van der Waals surface area contributed by atoms with Gasteiger partial charge < -0.3 is 10.4 Å². The van der Waals surface area contributed by atoms with Crippen molar-refractivity contribution in [3.8, 4) is 6.07 Å². The van der Waals surface area contributed by atoms with E-state index in [1.807, 2.05) is 0 Å². The highest BCUT2D eigenvalue weighted by atomic mass is 32.1. The third kappa shape index (κ3) is 3.86. The van der Waals surface area contributed by atoms with Crippen LogP contribution in [-0.4, -0.2) is 17.0 Å². The van der Waals surface area contributed by atoms with Gasteiger partial charge in [-0.25, -0.2) is 0 Å². The smallest absolute Gasteiger partial charge is 0.303 e. The Kier molecular flexibility index (Phi) is 5.56. The number of hydrogen-bond donors (Lipinski definition) is 2. The lowest BCUT2D eigenvalue weighted by Crippen LogP contribution is -2.13. The molecule has 5 nitrogen and oxygen atoms in total. The maximum absolute atomic E-state index is 11.8. The number of amides is 1. The number of nitriles is 1. The van der Waals surface area contributed by atoms with Crippen molar-refractivity contribution < 1.29 is 14.7 Å². The highest BCUT2D eigenvalue weighted by Gasteiger charge is 2.26. The Hall–Kier alpha value is -1.87. The zero-order valence-electron chi connectivity index (χ0n) is 12.6. The van der Waals surface area contributed by atoms with Crippen LogP contribution in [0, 0.1) is 17.2 Å². The zero-order valence-corrected chi connectivity index (χ0v) is 13.5. The lowest BCUT2D eigenvalue weighted by Gasteiger charge is -2.21. The van der Waals surface area contributed by atoms with Crippen molar-refractivity contribution >= 4 is 28.2 Å². The maximum atomic E-state index is 11.8. The van der Waals surface area contributed by atoms with E-state index in [9.17, 15) is 14.9 Å². The quantitative estimate of drug-likeness (QED) is 0.841. The van der Waals surface area contributed by atoms with Gasteiger partial charge in [0, 0.05) is 11.3 Å². The van der Waals surface area contributed by atoms with Gasteiger partial charge in [0.1, 0.15) is 11.1 Å². The third-order valence-corrected chi connectivity index (χ3v) is 5.16. The number of carbonyl (C=O) groups is 2. The van der Waals surface area contributed by atoms with Gasteiger partial charge >= 0.3 is 5.97 Å². The van der Waals surface area contributed by atoms with E-state index in [2.05, 4.69) is 18.3 Å². The maximum Gasteiger partial charge on any atom is 0.303 e. The molecule has 6 heteroatoms. The van der Waals surface area contributed by atoms with Crippen molar-refractivity contribution in [3.63, 3.8) is 0 Å². The monoisotopic (exact) mass is 320 g/mol. The summed E-state index contributed by atoms with van der Waals surface area (Å²) in [6, 6.07) is 2.20. The summed E-state index contributed by atoms with van der Waals surface area (Å²) in [5, 5.41) is 21.3. The number of hydrogen-bond acceptors (Lipinski definition) is 4. The van der Waals surface area contributed by atoms with Gasteiger partial charge in [0.25, 0.3) is 0 Å². The molecule has 0 aromatic carbocycles. The molecule has 0 aliphatic heterocycles. The molecule has 1 aliphatic rings. The van der Waals surface area contributed by atoms with E-state index in [1.54, 1.807) is 0 Å². The summed E-state index contributed by atoms with van der Waals surface area (Å²) in [5.41, 5.74) is 1.65. The van der Waals surface area contributed by atoms with Gasteiger partial charge in [-0.15, -0.1) is 11.3 Å². The van der Waals surface area contributed by atoms with Crippen LogP contribution in [0.1, 0.15) is 55.0 Å². The summed E-state index contributed by atoms with van der Waals surface area (Å²) in [7, 11) is 0. The van der Waals surface area contributed by atoms with Gasteiger partial charge in [0.15, 0.2) is 0 Å². The summed E-state index contributed by atoms with van der Waals surface area (Å²) < 4.78 is 0. The summed E-state index contributed by atoms with van der Waals surface area (Å²) >= 11 is 1.48. The lowest BCUT2D eigenvalue weighted by atomic mass is 9.85. The van der Waals surface area contributed by atoms with E-state index < -0.39 is 5.97 Å². The first-order chi connectivity index (χ1) is 10.5. The number of nitrogens with one attached hydrogen (secondary N) is 1. The minimum Gasteiger partial charge on any atom is -0.481 e. The Bertz CT molecular complexity index is 616. The second-order valence-corrected chi connectivity index (χ2v) is 6.76. The van der Waals surface area contributed by atoms with Crippen molar-refractivity contribution in [2.45, 2.75) is 51.9 Å². The van der Waals surface area contributed by atoms with Gasteiger partial charge in [-0.2, -0.15) is 5.26 Å². The SMILES string of the molecule is CCC[C@H]1CCc2c(sc(NC(=O)CCC(=O)O)c2C#N)C1. The fourth-order valence-electron chi connectivity index (χ4n) is 2.92. The Morgan fingerprint density at radius 2 is 2.23 bits per heavy atom. The fraction of sp³-hybridized carbons (Fsp3) is 0.562. The molecule has 2 rings (SSSR count). The van der Waals surface area contributed by atoms with E-state index in [1.165, 1.54) is 22.6 Å². The molecule has 1 aromatic heterocycles. The summed E-state index contributed by atoms with van der Waals surface area (Å²) in [4.78, 5) is 23.5. The number of thiophene rings is 1. The molecular formula is C16H20N2O3S. The fourth-order valence-corrected chi connectivity index (χ4v) is 4.25. The van der Waals surface area contributed by atoms with E-state index >= 15 is 0 Å². The van der Waals surface area contributed by atoms with Gasteiger partial charge in [-0.3, -0.25) is 9.59 Å². The Morgan fingerprint density at radius 3 is 2.86 bits per heavy atom. The minimum atomic E-state index is -0.997. The highest BCUT2D eigenvalue weighted by Crippen LogP contribution is 2.40. The van der Waals surface area contributed by atoms with Crippen molar-refractivity contribution in [1.82, 2.24) is 0 Å². The molecule has 0 saturated heterocycles. The van der Waals surface area contributed by atoms with Crippen molar-refractivity contribution in [1.29, 1.82) is 5.26 Å². The van der Waals surface area contributed by atoms with Crippen LogP contribution in [0.5, 0.6) is 0 Å². The first-order valence-electron chi connectivity index (χ1n) is 7.61. The molecule has 0 bridgehead atoms. The molecule has 1 aliphatic carbocycles. The van der Waals surface area contributed by atoms with E-state index in [0.717, 1.165) is 31.2 Å². The number of carboxylic acid groups (broad SMARTS) is 1. The minimum absolute atomic E-state index is 0.0682. The van der Waals surface area contributed by atoms with E-state index in [0.29, 0.717) is 16.5 Å². The summed E-state index contributed by atoms with van der Waals surface area (Å²) in [6.45, 7) is 2.18. The molecule has 0 saturated carbocycles. The summed E-state index contributed by atoms with van der Waals surface area (Å²) in [5.74, 6) is -0.676. The number of rotatable bonds is 6. The molecule has 118 valence electrons. The Labute approximate surface area is 134 Å². The molecule has 1 atom stereocenters. The highest BCUT2D eigenvalue weighted by molar-refractivity contribution is 7.16. The van der Waals surface area contributed by atoms with E-state index in [4.69, 9.17) is 5.11 Å². The molecule has 1 heterocycles. The van der Waals surface area contributed by atoms with Gasteiger partial charge in [-0.05, 0) is 30.7 Å². The summed E-state index contributed by atoms with van der Waals surface area (Å²) in [6.07, 6.45) is 5.06. The van der Waals surface area contributed by atoms with Gasteiger partial charge in [-0.1, -0.05) is 19.8 Å². The second-order valence-electron chi connectivity index (χ2n) is 5.66. The molecule has 0 radical (unpaired) electrons. The van der Waals surface area contributed by atoms with E-state index in [-0.39, 0.29) is 18.7 Å². The molecule has 0 fully saturated rings. The molecule has 2 N–H and O–H groups in total. The van der Waals surface area contributed by atoms with Crippen LogP contribution in [0.3, 0.4) is 0 Å². The van der Waals surface area contributed by atoms with Crippen LogP contribution in [0.4, 0.5) is 5.00 Å². The van der Waals surface area contributed by atoms with Crippen LogP contribution >= 0.6 is 11.3 Å². The average Bonchev–Trinajstić information content (AvgIpc) is 2.81. The number of aliphatic carboxylic acids is 1. The normalized spacial score (nSPS) is 16.6. The molecule has 0 spiro atoms. The third-order valence-electron chi connectivity index (χ3n) is 3.99. The zero-order chi connectivity index (χ0) is 16.1. The van der Waals surface area contributed by atoms with Crippen LogP contribution < -0.4 is 5.32 Å². The van der Waals surface area contributed by atoms with Crippen LogP contribution in [-0.2, 0) is 22.4 Å². The first-order valence-corrected chi connectivity index (χ1v) is 8.43. The molecule has 22 heavy (non-hydrogen) atoms. The standard InChI is InChI=1S/C16H20N2O3S/c1-2-3-10-4-5-11-12(9-17)16(22-13(11)8-10)18-14(19)6-7-15(20)21/h10H,2-8H2,1H3,(H,18,19)(H,20,21)/t10-/m0/s1. The largest absolute Gasteiger partial charge is 0.481 e. The number of nitrogens with zero attached hydrogens (tertiary/aromatic N) is 1. The number of anilines is 1. The van der Waals surface area contributed by atoms with Crippen LogP contribution in [0.2, 0.25) is 0 Å². The molecule has 0 unspecified atom stereocenters. The number of carbonyl (C=O) groups excluding carboxylic acids is 1. The Balaban J connectivity index is 2.11. The topological polar surface area (TPSA) is 90.2 Å². The van der Waals surface area contributed by atoms with Crippen molar-refractivity contribution in [2.24, 2.45) is 5.92 Å². The van der Waals surface area contributed by atoms with Crippen molar-refractivity contribution in [2.75, 3.05) is 5.32 Å². The Morgan fingerprint density at radius 1 is 1.45 bits per heavy atom. The second kappa shape index (κ2) is 7.41. The van der Waals surface area contributed by atoms with Crippen LogP contribution in [0.25, 0.3) is 0 Å². The predicted octanol–water partition coefficient (Wildman–Crippen LogP) is 3.33.